The van der Waals surface area contributed by atoms with Crippen molar-refractivity contribution in [2.45, 2.75) is 347 Å². The summed E-state index contributed by atoms with van der Waals surface area (Å²) in [5, 5.41) is 0. The van der Waals surface area contributed by atoms with Crippen molar-refractivity contribution < 1.29 is 151 Å². The van der Waals surface area contributed by atoms with Gasteiger partial charge in [-0.1, -0.05) is 47.0 Å². The molecule has 4 rings (SSSR count). The minimum atomic E-state index is -5.78. The zero-order valence-electron chi connectivity index (χ0n) is 60.6. The molecule has 4 aliphatic carbocycles. The van der Waals surface area contributed by atoms with E-state index in [1.807, 2.05) is 20.8 Å². The largest absolute Gasteiger partial charge is 0.459 e. The summed E-state index contributed by atoms with van der Waals surface area (Å²) in [6, 6.07) is 0. The van der Waals surface area contributed by atoms with Crippen molar-refractivity contribution in [2.24, 2.45) is 21.7 Å². The molecule has 0 N–H and O–H groups in total. The van der Waals surface area contributed by atoms with E-state index in [0.29, 0.717) is 89.9 Å². The minimum absolute atomic E-state index is 0.0367. The van der Waals surface area contributed by atoms with E-state index in [0.717, 1.165) is 57.8 Å². The number of carbonyl (C=O) groups is 8. The number of ether oxygens (including phenoxy) is 8. The Bertz CT molecular complexity index is 2620. The molecule has 33 heteroatoms. The van der Waals surface area contributed by atoms with Crippen LogP contribution in [0.4, 0.5) is 74.6 Å². The summed E-state index contributed by atoms with van der Waals surface area (Å²) in [4.78, 5) is 95.9. The first-order valence-electron chi connectivity index (χ1n) is 34.7. The van der Waals surface area contributed by atoms with Gasteiger partial charge in [0, 0.05) is 25.7 Å². The maximum atomic E-state index is 12.8. The van der Waals surface area contributed by atoms with Crippen LogP contribution in [0.1, 0.15) is 282 Å². The third kappa shape index (κ3) is 33.8. The molecule has 0 radical (unpaired) electrons. The van der Waals surface area contributed by atoms with Gasteiger partial charge in [0.25, 0.3) is 6.10 Å². The Kier molecular flexibility index (Phi) is 36.4. The lowest BCUT2D eigenvalue weighted by molar-refractivity contribution is -0.313. The molecule has 0 unspecified atom stereocenters. The van der Waals surface area contributed by atoms with Crippen molar-refractivity contribution in [2.75, 3.05) is 19.8 Å². The Balaban J connectivity index is 0.000000682. The first-order chi connectivity index (χ1) is 46.4. The molecule has 0 aromatic carbocycles. The Morgan fingerprint density at radius 3 is 0.716 bits per heavy atom. The predicted molar refractivity (Wildman–Crippen MR) is 334 cm³/mol. The van der Waals surface area contributed by atoms with Gasteiger partial charge in [-0.15, -0.1) is 0 Å². The van der Waals surface area contributed by atoms with Gasteiger partial charge >= 0.3 is 84.6 Å². The fourth-order valence-corrected chi connectivity index (χ4v) is 10.8. The highest BCUT2D eigenvalue weighted by Crippen LogP contribution is 2.45. The van der Waals surface area contributed by atoms with Crippen molar-refractivity contribution in [1.82, 2.24) is 0 Å². The van der Waals surface area contributed by atoms with Crippen molar-refractivity contribution in [3.8, 4) is 0 Å². The van der Waals surface area contributed by atoms with E-state index >= 15 is 0 Å². The standard InChI is InChI=1S/C18H26F6O4.C18H27F5O4.C17H27F3O4.C16H25F3O4/c1-4-15(2,3)14(26)28-16(9-6-5-7-10-16)11-8-12(25)27-13(17(19,20)21)18(22,23)24;1-4-15(2,3)14(25)27-16(9-6-5-7-10-16)11-8-13(24)26-12-17(19,20)18(21,22)23;1-4-15(2,3)14(22)24-16(9-6-5-7-10-16)11-8-13(21)23-12-17(18,19)20;1-4-14(2,3)13(21)23-15(8-5-6-9-15)10-7-12(20)22-11-16(17,18)19/h13H,4-11H2,1-3H3;4-12H2,1-3H3;4-12H2,1-3H3;4-11H2,1-3H3. The summed E-state index contributed by atoms with van der Waals surface area (Å²) in [5.74, 6) is -11.3. The normalized spacial score (nSPS) is 18.0. The lowest BCUT2D eigenvalue weighted by Crippen LogP contribution is -2.46. The topological polar surface area (TPSA) is 210 Å². The van der Waals surface area contributed by atoms with Crippen LogP contribution in [0.15, 0.2) is 0 Å². The van der Waals surface area contributed by atoms with Gasteiger partial charge in [0.1, 0.15) is 22.4 Å². The number of halogens is 17. The number of esters is 8. The Morgan fingerprint density at radius 1 is 0.314 bits per heavy atom. The van der Waals surface area contributed by atoms with Gasteiger partial charge in [-0.3, -0.25) is 38.4 Å². The van der Waals surface area contributed by atoms with E-state index in [1.54, 1.807) is 62.3 Å². The number of alkyl halides is 17. The number of carbonyl (C=O) groups excluding carboxylic acids is 8. The molecule has 596 valence electrons. The summed E-state index contributed by atoms with van der Waals surface area (Å²) in [6.07, 6.45) is -15.9. The molecule has 4 aliphatic rings. The van der Waals surface area contributed by atoms with Gasteiger partial charge in [0.15, 0.2) is 19.8 Å². The summed E-state index contributed by atoms with van der Waals surface area (Å²) in [5.41, 5.74) is -6.24. The second-order valence-corrected chi connectivity index (χ2v) is 29.5. The van der Waals surface area contributed by atoms with Gasteiger partial charge < -0.3 is 37.9 Å². The van der Waals surface area contributed by atoms with Crippen LogP contribution >= 0.6 is 0 Å². The van der Waals surface area contributed by atoms with E-state index in [1.165, 1.54) is 0 Å². The monoisotopic (exact) mass is 1510 g/mol. The maximum Gasteiger partial charge on any atom is 0.456 e. The highest BCUT2D eigenvalue weighted by atomic mass is 19.4. The molecule has 0 aliphatic heterocycles. The maximum absolute atomic E-state index is 12.8. The van der Waals surface area contributed by atoms with E-state index in [9.17, 15) is 113 Å². The van der Waals surface area contributed by atoms with E-state index in [-0.39, 0.29) is 50.5 Å². The van der Waals surface area contributed by atoms with Crippen molar-refractivity contribution in [3.05, 3.63) is 0 Å². The molecule has 0 saturated heterocycles. The zero-order valence-corrected chi connectivity index (χ0v) is 60.6. The molecular weight excluding hydrogens is 1410 g/mol. The Hall–Kier alpha value is -5.43. The van der Waals surface area contributed by atoms with Crippen LogP contribution in [-0.4, -0.2) is 133 Å². The molecule has 0 aromatic rings. The summed E-state index contributed by atoms with van der Waals surface area (Å²) >= 11 is 0. The molecule has 16 nitrogen and oxygen atoms in total. The average molecular weight is 1510 g/mol. The molecule has 0 atom stereocenters. The van der Waals surface area contributed by atoms with Gasteiger partial charge in [-0.05, 0) is 209 Å². The minimum Gasteiger partial charge on any atom is -0.459 e. The summed E-state index contributed by atoms with van der Waals surface area (Å²) in [6.45, 7) is 16.2. The Labute approximate surface area is 586 Å². The van der Waals surface area contributed by atoms with Crippen molar-refractivity contribution in [3.63, 3.8) is 0 Å². The Morgan fingerprint density at radius 2 is 0.520 bits per heavy atom. The third-order valence-corrected chi connectivity index (χ3v) is 19.4. The smallest absolute Gasteiger partial charge is 0.456 e. The highest BCUT2D eigenvalue weighted by molar-refractivity contribution is 5.78. The first-order valence-corrected chi connectivity index (χ1v) is 34.7. The molecule has 0 amide bonds. The molecule has 0 spiro atoms. The van der Waals surface area contributed by atoms with Crippen LogP contribution < -0.4 is 0 Å². The second-order valence-electron chi connectivity index (χ2n) is 29.5. The lowest BCUT2D eigenvalue weighted by atomic mass is 9.80. The third-order valence-electron chi connectivity index (χ3n) is 19.4. The zero-order chi connectivity index (χ0) is 78.9. The van der Waals surface area contributed by atoms with Crippen LogP contribution in [0, 0.1) is 21.7 Å². The van der Waals surface area contributed by atoms with Gasteiger partial charge in [-0.25, -0.2) is 0 Å². The van der Waals surface area contributed by atoms with Gasteiger partial charge in [0.05, 0.1) is 21.7 Å². The van der Waals surface area contributed by atoms with Crippen LogP contribution in [-0.2, 0) is 76.3 Å². The van der Waals surface area contributed by atoms with E-state index < -0.39 is 155 Å². The van der Waals surface area contributed by atoms with E-state index in [2.05, 4.69) is 18.9 Å². The summed E-state index contributed by atoms with van der Waals surface area (Å²) < 4.78 is 248. The second kappa shape index (κ2) is 39.2. The van der Waals surface area contributed by atoms with Crippen LogP contribution in [0.3, 0.4) is 0 Å². The fourth-order valence-electron chi connectivity index (χ4n) is 10.8. The molecule has 4 saturated carbocycles. The molecule has 0 aromatic heterocycles. The van der Waals surface area contributed by atoms with Gasteiger partial charge in [-0.2, -0.15) is 74.6 Å². The van der Waals surface area contributed by atoms with E-state index in [4.69, 9.17) is 18.9 Å². The summed E-state index contributed by atoms with van der Waals surface area (Å²) in [7, 11) is 0. The van der Waals surface area contributed by atoms with Crippen LogP contribution in [0.25, 0.3) is 0 Å². The van der Waals surface area contributed by atoms with Crippen molar-refractivity contribution in [1.29, 1.82) is 0 Å². The number of rotatable bonds is 29. The lowest BCUT2D eigenvalue weighted by Gasteiger charge is -2.39. The molecule has 0 heterocycles. The average Bonchev–Trinajstić information content (AvgIpc) is 0.904. The highest BCUT2D eigenvalue weighted by Gasteiger charge is 2.61. The predicted octanol–water partition coefficient (Wildman–Crippen LogP) is 19.4. The number of hydrogen-bond donors (Lipinski definition) is 0. The molecule has 102 heavy (non-hydrogen) atoms. The number of hydrogen-bond acceptors (Lipinski definition) is 16. The van der Waals surface area contributed by atoms with Crippen LogP contribution in [0.5, 0.6) is 0 Å². The first kappa shape index (κ1) is 94.6. The molecular formula is C69H105F17O16. The quantitative estimate of drug-likeness (QED) is 0.0387. The fraction of sp³-hybridized carbons (Fsp3) is 0.884. The molecule has 4 fully saturated rings. The SMILES string of the molecule is CCC(C)(C)C(=O)OC1(CCC(=O)OC(C(F)(F)F)C(F)(F)F)CCCCC1.CCC(C)(C)C(=O)OC1(CCC(=O)OCC(F)(F)C(F)(F)F)CCCCC1.CCC(C)(C)C(=O)OC1(CCC(=O)OCC(F)(F)F)CCCC1.CCC(C)(C)C(=O)OC1(CCC(=O)OCC(F)(F)F)CCCCC1. The molecule has 0 bridgehead atoms. The van der Waals surface area contributed by atoms with Crippen LogP contribution in [0.2, 0.25) is 0 Å². The van der Waals surface area contributed by atoms with Gasteiger partial charge in [0.2, 0.25) is 0 Å². The van der Waals surface area contributed by atoms with Crippen molar-refractivity contribution >= 4 is 47.8 Å².